The van der Waals surface area contributed by atoms with Gasteiger partial charge < -0.3 is 0 Å². The van der Waals surface area contributed by atoms with Crippen molar-refractivity contribution in [1.29, 1.82) is 0 Å². The summed E-state index contributed by atoms with van der Waals surface area (Å²) in [7, 11) is 0. The van der Waals surface area contributed by atoms with E-state index in [4.69, 9.17) is 0 Å². The zero-order chi connectivity index (χ0) is 7.44. The van der Waals surface area contributed by atoms with E-state index in [-0.39, 0.29) is 0 Å². The van der Waals surface area contributed by atoms with E-state index in [1.807, 2.05) is 0 Å². The van der Waals surface area contributed by atoms with E-state index in [9.17, 15) is 0 Å². The Kier molecular flexibility index (Phi) is 3.60. The van der Waals surface area contributed by atoms with E-state index in [2.05, 4.69) is 34.6 Å². The van der Waals surface area contributed by atoms with Gasteiger partial charge in [-0.25, -0.2) is 0 Å². The van der Waals surface area contributed by atoms with E-state index in [0.29, 0.717) is 0 Å². The SMILES string of the molecule is CC/C(C)=C(/C)C(C)C. The first-order valence-electron chi connectivity index (χ1n) is 3.75. The van der Waals surface area contributed by atoms with Crippen molar-refractivity contribution >= 4 is 0 Å². The van der Waals surface area contributed by atoms with Crippen molar-refractivity contribution in [3.05, 3.63) is 11.1 Å². The van der Waals surface area contributed by atoms with Crippen LogP contribution in [0.4, 0.5) is 0 Å². The Morgan fingerprint density at radius 1 is 1.22 bits per heavy atom. The van der Waals surface area contributed by atoms with E-state index < -0.39 is 0 Å². The maximum absolute atomic E-state index is 2.24. The Labute approximate surface area is 59.0 Å². The smallest absolute Gasteiger partial charge is 0.0260 e. The fraction of sp³-hybridized carbons (Fsp3) is 0.778. The first-order valence-corrected chi connectivity index (χ1v) is 3.75. The van der Waals surface area contributed by atoms with Crippen LogP contribution in [0, 0.1) is 5.92 Å². The third-order valence-electron chi connectivity index (χ3n) is 2.07. The molecule has 9 heavy (non-hydrogen) atoms. The molecule has 0 aliphatic carbocycles. The minimum atomic E-state index is 0.727. The highest BCUT2D eigenvalue weighted by molar-refractivity contribution is 5.10. The minimum Gasteiger partial charge on any atom is -0.0744 e. The zero-order valence-electron chi connectivity index (χ0n) is 7.28. The molecule has 0 heteroatoms. The molecule has 0 radical (unpaired) electrons. The number of rotatable bonds is 2. The van der Waals surface area contributed by atoms with Crippen molar-refractivity contribution in [2.75, 3.05) is 0 Å². The normalized spacial score (nSPS) is 14.0. The average Bonchev–Trinajstić information content (AvgIpc) is 1.84. The number of hydrogen-bond acceptors (Lipinski definition) is 0. The second-order valence-corrected chi connectivity index (χ2v) is 2.97. The van der Waals surface area contributed by atoms with Crippen LogP contribution in [0.5, 0.6) is 0 Å². The highest BCUT2D eigenvalue weighted by atomic mass is 14.0. The van der Waals surface area contributed by atoms with Crippen LogP contribution in [0.25, 0.3) is 0 Å². The largest absolute Gasteiger partial charge is 0.0744 e. The molecule has 0 aliphatic rings. The highest BCUT2D eigenvalue weighted by Crippen LogP contribution is 2.15. The van der Waals surface area contributed by atoms with Gasteiger partial charge in [-0.15, -0.1) is 0 Å². The average molecular weight is 126 g/mol. The quantitative estimate of drug-likeness (QED) is 0.497. The van der Waals surface area contributed by atoms with Crippen LogP contribution in [0.1, 0.15) is 41.0 Å². The fourth-order valence-corrected chi connectivity index (χ4v) is 0.772. The summed E-state index contributed by atoms with van der Waals surface area (Å²) in [6.07, 6.45) is 1.20. The van der Waals surface area contributed by atoms with Crippen molar-refractivity contribution in [2.45, 2.75) is 41.0 Å². The van der Waals surface area contributed by atoms with Crippen LogP contribution in [0.2, 0.25) is 0 Å². The van der Waals surface area contributed by atoms with E-state index >= 15 is 0 Å². The first kappa shape index (κ1) is 8.74. The van der Waals surface area contributed by atoms with Crippen LogP contribution >= 0.6 is 0 Å². The van der Waals surface area contributed by atoms with Crippen molar-refractivity contribution in [2.24, 2.45) is 5.92 Å². The summed E-state index contributed by atoms with van der Waals surface area (Å²) in [5.41, 5.74) is 3.10. The standard InChI is InChI=1S/C9H18/c1-6-8(4)9(5)7(2)3/h7H,6H2,1-5H3/b9-8-. The molecule has 0 heterocycles. The summed E-state index contributed by atoms with van der Waals surface area (Å²) in [6, 6.07) is 0. The predicted octanol–water partition coefficient (Wildman–Crippen LogP) is 3.39. The van der Waals surface area contributed by atoms with Gasteiger partial charge in [0.05, 0.1) is 0 Å². The molecule has 0 atom stereocenters. The highest BCUT2D eigenvalue weighted by Gasteiger charge is 1.98. The van der Waals surface area contributed by atoms with E-state index in [1.165, 1.54) is 6.42 Å². The lowest BCUT2D eigenvalue weighted by Crippen LogP contribution is -1.91. The Morgan fingerprint density at radius 2 is 1.67 bits per heavy atom. The summed E-state index contributed by atoms with van der Waals surface area (Å²) in [5, 5.41) is 0. The van der Waals surface area contributed by atoms with Gasteiger partial charge in [-0.1, -0.05) is 31.9 Å². The van der Waals surface area contributed by atoms with Gasteiger partial charge in [-0.3, -0.25) is 0 Å². The Hall–Kier alpha value is -0.260. The summed E-state index contributed by atoms with van der Waals surface area (Å²) >= 11 is 0. The summed E-state index contributed by atoms with van der Waals surface area (Å²) in [5.74, 6) is 0.727. The van der Waals surface area contributed by atoms with E-state index in [1.54, 1.807) is 11.1 Å². The van der Waals surface area contributed by atoms with Crippen LogP contribution < -0.4 is 0 Å². The van der Waals surface area contributed by atoms with Crippen LogP contribution in [-0.4, -0.2) is 0 Å². The second kappa shape index (κ2) is 3.71. The molecule has 0 nitrogen and oxygen atoms in total. The fourth-order valence-electron chi connectivity index (χ4n) is 0.772. The van der Waals surface area contributed by atoms with Gasteiger partial charge in [-0.2, -0.15) is 0 Å². The van der Waals surface area contributed by atoms with Crippen molar-refractivity contribution in [3.63, 3.8) is 0 Å². The molecule has 0 aromatic rings. The molecule has 0 saturated carbocycles. The molecule has 0 unspecified atom stereocenters. The molecule has 0 amide bonds. The van der Waals surface area contributed by atoms with Crippen molar-refractivity contribution < 1.29 is 0 Å². The number of allylic oxidation sites excluding steroid dienone is 2. The minimum absolute atomic E-state index is 0.727. The maximum Gasteiger partial charge on any atom is -0.0260 e. The van der Waals surface area contributed by atoms with Crippen molar-refractivity contribution in [3.8, 4) is 0 Å². The molecule has 0 fully saturated rings. The summed E-state index contributed by atoms with van der Waals surface area (Å²) in [4.78, 5) is 0. The summed E-state index contributed by atoms with van der Waals surface area (Å²) < 4.78 is 0. The van der Waals surface area contributed by atoms with Crippen LogP contribution in [-0.2, 0) is 0 Å². The lowest BCUT2D eigenvalue weighted by atomic mass is 9.99. The van der Waals surface area contributed by atoms with Gasteiger partial charge in [0.15, 0.2) is 0 Å². The van der Waals surface area contributed by atoms with Gasteiger partial charge in [0.2, 0.25) is 0 Å². The second-order valence-electron chi connectivity index (χ2n) is 2.97. The topological polar surface area (TPSA) is 0 Å². The van der Waals surface area contributed by atoms with Gasteiger partial charge in [-0.05, 0) is 26.2 Å². The molecule has 0 saturated heterocycles. The molecule has 0 rings (SSSR count). The van der Waals surface area contributed by atoms with E-state index in [0.717, 1.165) is 5.92 Å². The summed E-state index contributed by atoms with van der Waals surface area (Å²) in [6.45, 7) is 11.1. The molecule has 0 N–H and O–H groups in total. The molecule has 0 bridgehead atoms. The van der Waals surface area contributed by atoms with Gasteiger partial charge in [0, 0.05) is 0 Å². The Balaban J connectivity index is 4.10. The third-order valence-corrected chi connectivity index (χ3v) is 2.07. The van der Waals surface area contributed by atoms with Gasteiger partial charge in [0.25, 0.3) is 0 Å². The maximum atomic E-state index is 2.24. The Bertz CT molecular complexity index is 107. The first-order chi connectivity index (χ1) is 4.09. The lowest BCUT2D eigenvalue weighted by Gasteiger charge is -2.08. The third kappa shape index (κ3) is 2.69. The molecule has 0 spiro atoms. The molecule has 54 valence electrons. The molecule has 0 aromatic carbocycles. The lowest BCUT2D eigenvalue weighted by molar-refractivity contribution is 0.748. The zero-order valence-corrected chi connectivity index (χ0v) is 7.28. The van der Waals surface area contributed by atoms with Gasteiger partial charge in [0.1, 0.15) is 0 Å². The molecule has 0 aliphatic heterocycles. The molecular formula is C9H18. The van der Waals surface area contributed by atoms with Gasteiger partial charge >= 0.3 is 0 Å². The monoisotopic (exact) mass is 126 g/mol. The number of hydrogen-bond donors (Lipinski definition) is 0. The Morgan fingerprint density at radius 3 is 1.78 bits per heavy atom. The predicted molar refractivity (Wildman–Crippen MR) is 43.5 cm³/mol. The van der Waals surface area contributed by atoms with Crippen LogP contribution in [0.3, 0.4) is 0 Å². The molecule has 0 aromatic heterocycles. The van der Waals surface area contributed by atoms with Crippen molar-refractivity contribution in [1.82, 2.24) is 0 Å². The molecular weight excluding hydrogens is 108 g/mol. The van der Waals surface area contributed by atoms with Crippen LogP contribution in [0.15, 0.2) is 11.1 Å².